The van der Waals surface area contributed by atoms with Crippen molar-refractivity contribution in [1.29, 1.82) is 0 Å². The van der Waals surface area contributed by atoms with Gasteiger partial charge >= 0.3 is 11.9 Å². The fourth-order valence-electron chi connectivity index (χ4n) is 2.66. The number of aromatic nitrogens is 3. The zero-order valence-electron chi connectivity index (χ0n) is 16.7. The molecule has 0 spiro atoms. The maximum atomic E-state index is 11.4. The van der Waals surface area contributed by atoms with Crippen molar-refractivity contribution in [3.05, 3.63) is 46.8 Å². The highest BCUT2D eigenvalue weighted by Gasteiger charge is 2.18. The average Bonchev–Trinajstić information content (AvgIpc) is 3.07. The molecule has 0 aliphatic carbocycles. The Labute approximate surface area is 171 Å². The first-order chi connectivity index (χ1) is 14.0. The molecule has 10 heteroatoms. The quantitative estimate of drug-likeness (QED) is 0.428. The van der Waals surface area contributed by atoms with Crippen molar-refractivity contribution in [3.8, 4) is 11.4 Å². The van der Waals surface area contributed by atoms with Crippen LogP contribution in [0.2, 0.25) is 0 Å². The number of aryl methyl sites for hydroxylation is 1. The van der Waals surface area contributed by atoms with Gasteiger partial charge in [-0.05, 0) is 45.9 Å². The number of carboxylic acid groups (broad SMARTS) is 2. The molecule has 0 amide bonds. The van der Waals surface area contributed by atoms with Crippen LogP contribution in [0.5, 0.6) is 5.75 Å². The highest BCUT2D eigenvalue weighted by Crippen LogP contribution is 2.28. The predicted molar refractivity (Wildman–Crippen MR) is 108 cm³/mol. The summed E-state index contributed by atoms with van der Waals surface area (Å²) in [4.78, 5) is 32.3. The molecular formula is C20H20N4O6. The van der Waals surface area contributed by atoms with Gasteiger partial charge in [0.15, 0.2) is 5.65 Å². The molecule has 2 heterocycles. The number of fused-ring (bicyclic) bond motifs is 1. The molecule has 0 unspecified atom stereocenters. The predicted octanol–water partition coefficient (Wildman–Crippen LogP) is 2.98. The van der Waals surface area contributed by atoms with Crippen LogP contribution in [0, 0.1) is 6.92 Å². The fourth-order valence-corrected chi connectivity index (χ4v) is 2.66. The molecular weight excluding hydrogens is 392 g/mol. The van der Waals surface area contributed by atoms with Crippen molar-refractivity contribution >= 4 is 29.2 Å². The van der Waals surface area contributed by atoms with Crippen LogP contribution in [0.4, 0.5) is 0 Å². The minimum Gasteiger partial charge on any atom is -0.505 e. The summed E-state index contributed by atoms with van der Waals surface area (Å²) in [5.74, 6) is -2.64. The van der Waals surface area contributed by atoms with Crippen LogP contribution in [0.25, 0.3) is 16.7 Å². The van der Waals surface area contributed by atoms with Crippen LogP contribution in [0.15, 0.2) is 29.6 Å². The Morgan fingerprint density at radius 2 is 1.73 bits per heavy atom. The van der Waals surface area contributed by atoms with Crippen LogP contribution in [-0.4, -0.2) is 53.8 Å². The third-order valence-electron chi connectivity index (χ3n) is 4.04. The number of aromatic carboxylic acids is 2. The van der Waals surface area contributed by atoms with Crippen LogP contribution in [0.1, 0.15) is 52.7 Å². The molecule has 0 bridgehead atoms. The Kier molecular flexibility index (Phi) is 5.17. The summed E-state index contributed by atoms with van der Waals surface area (Å²) in [6.45, 7) is 7.07. The maximum Gasteiger partial charge on any atom is 0.335 e. The molecule has 0 fully saturated rings. The number of oxime groups is 1. The number of carbonyl (C=O) groups is 2. The third-order valence-corrected chi connectivity index (χ3v) is 4.04. The van der Waals surface area contributed by atoms with E-state index in [1.807, 2.05) is 20.8 Å². The zero-order valence-corrected chi connectivity index (χ0v) is 16.7. The van der Waals surface area contributed by atoms with Crippen molar-refractivity contribution in [2.75, 3.05) is 0 Å². The van der Waals surface area contributed by atoms with Gasteiger partial charge in [-0.15, -0.1) is 5.10 Å². The molecule has 0 aliphatic heterocycles. The molecule has 0 saturated heterocycles. The van der Waals surface area contributed by atoms with E-state index in [1.54, 1.807) is 6.92 Å². The number of hydrogen-bond donors (Lipinski definition) is 3. The minimum absolute atomic E-state index is 0.103. The van der Waals surface area contributed by atoms with E-state index < -0.39 is 17.5 Å². The maximum absolute atomic E-state index is 11.4. The lowest BCUT2D eigenvalue weighted by Crippen LogP contribution is -2.15. The topological polar surface area (TPSA) is 147 Å². The lowest BCUT2D eigenvalue weighted by Gasteiger charge is -2.15. The monoisotopic (exact) mass is 412 g/mol. The summed E-state index contributed by atoms with van der Waals surface area (Å²) in [5, 5.41) is 37.7. The van der Waals surface area contributed by atoms with Crippen LogP contribution >= 0.6 is 0 Å². The van der Waals surface area contributed by atoms with Gasteiger partial charge in [0.1, 0.15) is 11.4 Å². The lowest BCUT2D eigenvalue weighted by molar-refractivity contribution is 0.00197. The molecule has 3 N–H and O–H groups in total. The summed E-state index contributed by atoms with van der Waals surface area (Å²) in [5.41, 5.74) is 0.198. The molecule has 0 radical (unpaired) electrons. The van der Waals surface area contributed by atoms with E-state index >= 15 is 0 Å². The van der Waals surface area contributed by atoms with Gasteiger partial charge < -0.3 is 20.2 Å². The van der Waals surface area contributed by atoms with Gasteiger partial charge in [-0.1, -0.05) is 5.16 Å². The highest BCUT2D eigenvalue weighted by molar-refractivity contribution is 6.00. The number of benzene rings is 1. The van der Waals surface area contributed by atoms with E-state index in [-0.39, 0.29) is 28.2 Å². The first-order valence-corrected chi connectivity index (χ1v) is 8.89. The Bertz CT molecular complexity index is 1160. The number of rotatable bonds is 5. The van der Waals surface area contributed by atoms with Crippen molar-refractivity contribution in [3.63, 3.8) is 0 Å². The fraction of sp³-hybridized carbons (Fsp3) is 0.250. The average molecular weight is 412 g/mol. The van der Waals surface area contributed by atoms with Crippen molar-refractivity contribution in [1.82, 2.24) is 14.8 Å². The van der Waals surface area contributed by atoms with Crippen LogP contribution < -0.4 is 0 Å². The van der Waals surface area contributed by atoms with E-state index in [9.17, 15) is 24.9 Å². The van der Waals surface area contributed by atoms with Crippen molar-refractivity contribution in [2.45, 2.75) is 33.3 Å². The number of pyridine rings is 1. The summed E-state index contributed by atoms with van der Waals surface area (Å²) in [6, 6.07) is 3.65. The molecule has 1 aromatic carbocycles. The Hall–Kier alpha value is -3.95. The van der Waals surface area contributed by atoms with Crippen LogP contribution in [-0.2, 0) is 4.84 Å². The van der Waals surface area contributed by atoms with Crippen molar-refractivity contribution in [2.24, 2.45) is 5.16 Å². The summed E-state index contributed by atoms with van der Waals surface area (Å²) in [6.07, 6.45) is 2.85. The van der Waals surface area contributed by atoms with E-state index in [4.69, 9.17) is 4.84 Å². The Morgan fingerprint density at radius 1 is 1.13 bits per heavy atom. The van der Waals surface area contributed by atoms with E-state index in [2.05, 4.69) is 15.2 Å². The smallest absolute Gasteiger partial charge is 0.335 e. The number of carboxylic acids is 2. The molecule has 3 rings (SSSR count). The number of aromatic hydroxyl groups is 1. The number of nitrogens with zero attached hydrogens (tertiary/aromatic N) is 4. The van der Waals surface area contributed by atoms with E-state index in [1.165, 1.54) is 29.2 Å². The largest absolute Gasteiger partial charge is 0.505 e. The zero-order chi connectivity index (χ0) is 22.2. The molecule has 0 saturated carbocycles. The first-order valence-electron chi connectivity index (χ1n) is 8.89. The van der Waals surface area contributed by atoms with Gasteiger partial charge in [-0.25, -0.2) is 19.3 Å². The molecule has 0 aliphatic rings. The standard InChI is InChI=1S/C20H20N4O6/c1-10-16(25)14(8-21-30-20(2,3)4)15-9-24(23-17(15)22-10)13-6-11(18(26)27)5-12(7-13)19(28)29/h5-9,25H,1-4H3,(H,26,27)(H,28,29). The second-order valence-corrected chi connectivity index (χ2v) is 7.59. The van der Waals surface area contributed by atoms with Gasteiger partial charge in [0.25, 0.3) is 0 Å². The third kappa shape index (κ3) is 4.22. The summed E-state index contributed by atoms with van der Waals surface area (Å²) in [7, 11) is 0. The van der Waals surface area contributed by atoms with Gasteiger partial charge in [-0.2, -0.15) is 0 Å². The Morgan fingerprint density at radius 3 is 2.27 bits per heavy atom. The van der Waals surface area contributed by atoms with E-state index in [0.717, 1.165) is 6.07 Å². The van der Waals surface area contributed by atoms with Gasteiger partial charge in [0.05, 0.1) is 39.7 Å². The number of hydrogen-bond acceptors (Lipinski definition) is 7. The molecule has 156 valence electrons. The molecule has 10 nitrogen and oxygen atoms in total. The second-order valence-electron chi connectivity index (χ2n) is 7.59. The van der Waals surface area contributed by atoms with E-state index in [0.29, 0.717) is 16.6 Å². The molecule has 30 heavy (non-hydrogen) atoms. The highest BCUT2D eigenvalue weighted by atomic mass is 16.6. The summed E-state index contributed by atoms with van der Waals surface area (Å²) >= 11 is 0. The van der Waals surface area contributed by atoms with Crippen molar-refractivity contribution < 1.29 is 29.7 Å². The summed E-state index contributed by atoms with van der Waals surface area (Å²) < 4.78 is 1.30. The normalized spacial score (nSPS) is 11.9. The molecule has 3 aromatic rings. The second kappa shape index (κ2) is 7.47. The minimum atomic E-state index is -1.27. The SMILES string of the molecule is Cc1nc2nn(-c3cc(C(=O)O)cc(C(=O)O)c3)cc2c(C=NOC(C)(C)C)c1O. The van der Waals surface area contributed by atoms with Crippen LogP contribution in [0.3, 0.4) is 0 Å². The van der Waals surface area contributed by atoms with Gasteiger partial charge in [-0.3, -0.25) is 0 Å². The van der Waals surface area contributed by atoms with Gasteiger partial charge in [0, 0.05) is 6.20 Å². The molecule has 0 atom stereocenters. The van der Waals surface area contributed by atoms with Gasteiger partial charge in [0.2, 0.25) is 0 Å². The molecule has 2 aromatic heterocycles. The Balaban J connectivity index is 2.17. The lowest BCUT2D eigenvalue weighted by atomic mass is 10.1. The first kappa shape index (κ1) is 20.8.